The molecule has 1 amide bonds. The lowest BCUT2D eigenvalue weighted by atomic mass is 10.1. The number of fused-ring (bicyclic) bond motifs is 1. The van der Waals surface area contributed by atoms with Crippen molar-refractivity contribution >= 4 is 17.2 Å². The molecule has 5 heterocycles. The first-order chi connectivity index (χ1) is 16.1. The molecule has 1 fully saturated rings. The van der Waals surface area contributed by atoms with Crippen molar-refractivity contribution in [3.05, 3.63) is 83.8 Å². The van der Waals surface area contributed by atoms with Gasteiger partial charge in [-0.3, -0.25) is 29.0 Å². The highest BCUT2D eigenvalue weighted by atomic mass is 16.1. The van der Waals surface area contributed by atoms with Gasteiger partial charge in [0.05, 0.1) is 17.3 Å². The Hall–Kier alpha value is -3.69. The number of anilines is 1. The third kappa shape index (κ3) is 4.59. The lowest BCUT2D eigenvalue weighted by Crippen LogP contribution is -2.46. The Bertz CT molecular complexity index is 1270. The molecule has 4 aromatic heterocycles. The number of aromatic nitrogens is 5. The first-order valence-electron chi connectivity index (χ1n) is 11.0. The average molecular weight is 443 g/mol. The average Bonchev–Trinajstić information content (AvgIpc) is 3.24. The van der Waals surface area contributed by atoms with Crippen LogP contribution in [0.5, 0.6) is 0 Å². The lowest BCUT2D eigenvalue weighted by molar-refractivity contribution is 0.0844. The van der Waals surface area contributed by atoms with Crippen molar-refractivity contribution in [2.45, 2.75) is 19.5 Å². The van der Waals surface area contributed by atoms with E-state index in [0.717, 1.165) is 49.0 Å². The van der Waals surface area contributed by atoms with Crippen LogP contribution in [0.3, 0.4) is 0 Å². The fourth-order valence-electron chi connectivity index (χ4n) is 4.17. The second kappa shape index (κ2) is 9.05. The molecule has 1 unspecified atom stereocenters. The van der Waals surface area contributed by atoms with Gasteiger partial charge < -0.3 is 5.32 Å². The number of likely N-dealkylation sites (N-methyl/N-ethyl adjacent to an activating group) is 1. The number of nitrogens with one attached hydrogen (secondary N) is 1. The summed E-state index contributed by atoms with van der Waals surface area (Å²) in [6.07, 6.45) is 5.33. The van der Waals surface area contributed by atoms with Crippen LogP contribution in [0.1, 0.15) is 33.6 Å². The summed E-state index contributed by atoms with van der Waals surface area (Å²) in [4.78, 5) is 26.2. The van der Waals surface area contributed by atoms with Crippen molar-refractivity contribution < 1.29 is 4.79 Å². The molecule has 9 nitrogen and oxygen atoms in total. The van der Waals surface area contributed by atoms with Crippen LogP contribution in [0.2, 0.25) is 0 Å². The van der Waals surface area contributed by atoms with Crippen molar-refractivity contribution in [2.24, 2.45) is 0 Å². The van der Waals surface area contributed by atoms with E-state index in [1.807, 2.05) is 48.0 Å². The molecule has 1 aliphatic rings. The van der Waals surface area contributed by atoms with Crippen LogP contribution in [0, 0.1) is 6.92 Å². The minimum Gasteiger partial charge on any atom is -0.322 e. The number of amides is 1. The van der Waals surface area contributed by atoms with E-state index < -0.39 is 0 Å². The van der Waals surface area contributed by atoms with Gasteiger partial charge in [-0.15, -0.1) is 10.2 Å². The van der Waals surface area contributed by atoms with E-state index in [0.29, 0.717) is 11.3 Å². The first kappa shape index (κ1) is 21.2. The van der Waals surface area contributed by atoms with Crippen LogP contribution >= 0.6 is 0 Å². The molecule has 0 radical (unpaired) electrons. The number of nitrogens with zero attached hydrogens (tertiary/aromatic N) is 7. The van der Waals surface area contributed by atoms with Gasteiger partial charge in [-0.25, -0.2) is 0 Å². The van der Waals surface area contributed by atoms with Crippen LogP contribution in [0.4, 0.5) is 5.69 Å². The minimum atomic E-state index is -0.184. The van der Waals surface area contributed by atoms with Gasteiger partial charge in [0.2, 0.25) is 0 Å². The number of aryl methyl sites for hydroxylation is 1. The molecule has 33 heavy (non-hydrogen) atoms. The molecular formula is C24H26N8O. The Labute approximate surface area is 192 Å². The van der Waals surface area contributed by atoms with Crippen LogP contribution < -0.4 is 5.32 Å². The van der Waals surface area contributed by atoms with Crippen molar-refractivity contribution in [1.29, 1.82) is 0 Å². The molecule has 0 saturated carbocycles. The summed E-state index contributed by atoms with van der Waals surface area (Å²) in [5.41, 5.74) is 3.88. The van der Waals surface area contributed by atoms with Gasteiger partial charge in [-0.05, 0) is 50.4 Å². The summed E-state index contributed by atoms with van der Waals surface area (Å²) in [5.74, 6) is 0.642. The third-order valence-corrected chi connectivity index (χ3v) is 5.99. The second-order valence-electron chi connectivity index (χ2n) is 8.40. The summed E-state index contributed by atoms with van der Waals surface area (Å²) >= 11 is 0. The first-order valence-corrected chi connectivity index (χ1v) is 11.0. The fourth-order valence-corrected chi connectivity index (χ4v) is 4.17. The second-order valence-corrected chi connectivity index (χ2v) is 8.40. The molecule has 1 saturated heterocycles. The molecule has 1 N–H and O–H groups in total. The number of hydrogen-bond acceptors (Lipinski definition) is 7. The fraction of sp³-hybridized carbons (Fsp3) is 0.292. The number of rotatable bonds is 5. The predicted molar refractivity (Wildman–Crippen MR) is 125 cm³/mol. The molecule has 9 heteroatoms. The van der Waals surface area contributed by atoms with Gasteiger partial charge in [0.25, 0.3) is 5.91 Å². The Morgan fingerprint density at radius 3 is 2.82 bits per heavy atom. The highest BCUT2D eigenvalue weighted by molar-refractivity contribution is 6.04. The van der Waals surface area contributed by atoms with E-state index >= 15 is 0 Å². The Morgan fingerprint density at radius 1 is 1.09 bits per heavy atom. The molecule has 4 aromatic rings. The number of carbonyl (C=O) groups excluding carboxylic acids is 1. The SMILES string of the molecule is Cc1cc(NC(=O)c2ccc3nnc(C4CN(Cc5ccccn5)CCN4C)n3c2)ccn1. The van der Waals surface area contributed by atoms with Gasteiger partial charge >= 0.3 is 0 Å². The standard InChI is InChI=1S/C24H26N8O/c1-17-13-19(8-10-25-17)27-24(33)18-6-7-22-28-29-23(32(22)14-18)21-16-31(12-11-30(21)2)15-20-5-3-4-9-26-20/h3-10,13-14,21H,11-12,15-16H2,1-2H3,(H,25,27,33). The summed E-state index contributed by atoms with van der Waals surface area (Å²) in [6, 6.07) is 13.3. The molecule has 0 aliphatic carbocycles. The number of pyridine rings is 3. The van der Waals surface area contributed by atoms with E-state index in [1.54, 1.807) is 18.3 Å². The van der Waals surface area contributed by atoms with Crippen LogP contribution in [-0.2, 0) is 6.54 Å². The third-order valence-electron chi connectivity index (χ3n) is 5.99. The largest absolute Gasteiger partial charge is 0.322 e. The van der Waals surface area contributed by atoms with Crippen molar-refractivity contribution in [1.82, 2.24) is 34.4 Å². The maximum atomic E-state index is 12.9. The topological polar surface area (TPSA) is 91.5 Å². The number of hydrogen-bond donors (Lipinski definition) is 1. The summed E-state index contributed by atoms with van der Waals surface area (Å²) < 4.78 is 1.93. The number of piperazine rings is 1. The van der Waals surface area contributed by atoms with Crippen molar-refractivity contribution in [3.63, 3.8) is 0 Å². The highest BCUT2D eigenvalue weighted by Gasteiger charge is 2.29. The van der Waals surface area contributed by atoms with Crippen LogP contribution in [0.25, 0.3) is 5.65 Å². The summed E-state index contributed by atoms with van der Waals surface area (Å²) in [7, 11) is 2.10. The van der Waals surface area contributed by atoms with Crippen molar-refractivity contribution in [3.8, 4) is 0 Å². The molecule has 1 atom stereocenters. The van der Waals surface area contributed by atoms with Crippen LogP contribution in [-0.4, -0.2) is 67.0 Å². The zero-order chi connectivity index (χ0) is 22.8. The minimum absolute atomic E-state index is 0.0543. The molecule has 0 spiro atoms. The molecule has 0 aromatic carbocycles. The number of carbonyl (C=O) groups is 1. The Balaban J connectivity index is 1.39. The van der Waals surface area contributed by atoms with Gasteiger partial charge in [-0.2, -0.15) is 0 Å². The predicted octanol–water partition coefficient (Wildman–Crippen LogP) is 2.57. The lowest BCUT2D eigenvalue weighted by Gasteiger charge is -2.38. The Morgan fingerprint density at radius 2 is 2.00 bits per heavy atom. The quantitative estimate of drug-likeness (QED) is 0.508. The van der Waals surface area contributed by atoms with E-state index in [1.165, 1.54) is 0 Å². The van der Waals surface area contributed by atoms with E-state index in [-0.39, 0.29) is 11.9 Å². The van der Waals surface area contributed by atoms with Gasteiger partial charge in [0.1, 0.15) is 0 Å². The molecule has 5 rings (SSSR count). The normalized spacial score (nSPS) is 17.3. The zero-order valence-corrected chi connectivity index (χ0v) is 18.7. The molecule has 168 valence electrons. The van der Waals surface area contributed by atoms with Crippen molar-refractivity contribution in [2.75, 3.05) is 32.0 Å². The zero-order valence-electron chi connectivity index (χ0n) is 18.7. The van der Waals surface area contributed by atoms with Gasteiger partial charge in [0, 0.05) is 56.2 Å². The van der Waals surface area contributed by atoms with Gasteiger partial charge in [0.15, 0.2) is 11.5 Å². The van der Waals surface area contributed by atoms with Crippen LogP contribution in [0.15, 0.2) is 61.1 Å². The summed E-state index contributed by atoms with van der Waals surface area (Å²) in [5, 5.41) is 11.8. The Kier molecular flexibility index (Phi) is 5.80. The smallest absolute Gasteiger partial charge is 0.257 e. The van der Waals surface area contributed by atoms with E-state index in [9.17, 15) is 4.79 Å². The van der Waals surface area contributed by atoms with Gasteiger partial charge in [-0.1, -0.05) is 6.07 Å². The molecule has 1 aliphatic heterocycles. The maximum Gasteiger partial charge on any atom is 0.257 e. The maximum absolute atomic E-state index is 12.9. The molecular weight excluding hydrogens is 416 g/mol. The monoisotopic (exact) mass is 442 g/mol. The van der Waals surface area contributed by atoms with E-state index in [4.69, 9.17) is 0 Å². The van der Waals surface area contributed by atoms with E-state index in [2.05, 4.69) is 48.4 Å². The molecule has 0 bridgehead atoms. The summed E-state index contributed by atoms with van der Waals surface area (Å²) in [6.45, 7) is 5.36. The highest BCUT2D eigenvalue weighted by Crippen LogP contribution is 2.24.